The number of esters is 1. The van der Waals surface area contributed by atoms with Gasteiger partial charge in [0.05, 0.1) is 24.5 Å². The number of hydrogen-bond donors (Lipinski definition) is 0. The number of aromatic nitrogens is 4. The van der Waals surface area contributed by atoms with Gasteiger partial charge >= 0.3 is 12.1 Å². The molecule has 2 aromatic heterocycles. The second-order valence-corrected chi connectivity index (χ2v) is 9.75. The van der Waals surface area contributed by atoms with Crippen LogP contribution in [0.25, 0.3) is 5.78 Å². The summed E-state index contributed by atoms with van der Waals surface area (Å²) in [6.45, 7) is 7.90. The Hall–Kier alpha value is -2.47. The van der Waals surface area contributed by atoms with Gasteiger partial charge in [-0.15, -0.1) is 5.10 Å². The molecule has 2 aliphatic rings. The summed E-state index contributed by atoms with van der Waals surface area (Å²) in [5.41, 5.74) is -0.801. The van der Waals surface area contributed by atoms with Gasteiger partial charge in [0.2, 0.25) is 10.5 Å². The van der Waals surface area contributed by atoms with Crippen molar-refractivity contribution >= 4 is 33.8 Å². The number of amides is 1. The number of nitrogens with zero attached hydrogens (tertiary/aromatic N) is 5. The molecule has 0 radical (unpaired) electrons. The number of methoxy groups -OCH3 is 1. The molecule has 12 heteroatoms. The fourth-order valence-corrected chi connectivity index (χ4v) is 4.76. The molecule has 2 aliphatic heterocycles. The maximum Gasteiger partial charge on any atom is 0.410 e. The van der Waals surface area contributed by atoms with Crippen LogP contribution in [-0.4, -0.2) is 61.9 Å². The SMILES string of the molecule is COC(=O)Cn1c2c(c(=O)n3nc(Br)nc13)C1(CCN(C(=O)OC(C)(C)C)CC1)OC2C. The van der Waals surface area contributed by atoms with Crippen molar-refractivity contribution in [1.29, 1.82) is 0 Å². The van der Waals surface area contributed by atoms with E-state index in [1.807, 2.05) is 27.7 Å². The molecular formula is C20H26BrN5O6. The first-order valence-electron chi connectivity index (χ1n) is 10.4. The lowest BCUT2D eigenvalue weighted by molar-refractivity contribution is -0.141. The first-order valence-corrected chi connectivity index (χ1v) is 11.2. The highest BCUT2D eigenvalue weighted by molar-refractivity contribution is 9.10. The molecular weight excluding hydrogens is 486 g/mol. The third-order valence-corrected chi connectivity index (χ3v) is 6.08. The summed E-state index contributed by atoms with van der Waals surface area (Å²) < 4.78 is 19.7. The predicted molar refractivity (Wildman–Crippen MR) is 115 cm³/mol. The van der Waals surface area contributed by atoms with Crippen molar-refractivity contribution in [1.82, 2.24) is 24.1 Å². The highest BCUT2D eigenvalue weighted by Gasteiger charge is 2.50. The maximum atomic E-state index is 13.5. The quantitative estimate of drug-likeness (QED) is 0.562. The fourth-order valence-electron chi connectivity index (χ4n) is 4.45. The lowest BCUT2D eigenvalue weighted by atomic mass is 9.85. The molecule has 1 atom stereocenters. The van der Waals surface area contributed by atoms with E-state index in [0.717, 1.165) is 0 Å². The number of piperidine rings is 1. The average Bonchev–Trinajstić information content (AvgIpc) is 3.22. The van der Waals surface area contributed by atoms with Crippen LogP contribution >= 0.6 is 15.9 Å². The normalized spacial score (nSPS) is 19.9. The van der Waals surface area contributed by atoms with Crippen molar-refractivity contribution in [3.05, 3.63) is 26.3 Å². The summed E-state index contributed by atoms with van der Waals surface area (Å²) in [6.07, 6.45) is -0.0232. The van der Waals surface area contributed by atoms with Crippen molar-refractivity contribution in [2.45, 2.75) is 64.4 Å². The summed E-state index contributed by atoms with van der Waals surface area (Å²) in [7, 11) is 1.30. The molecule has 4 rings (SSSR count). The summed E-state index contributed by atoms with van der Waals surface area (Å²) >= 11 is 3.21. The van der Waals surface area contributed by atoms with Gasteiger partial charge in [-0.2, -0.15) is 9.50 Å². The topological polar surface area (TPSA) is 117 Å². The largest absolute Gasteiger partial charge is 0.468 e. The molecule has 0 aromatic carbocycles. The molecule has 0 saturated carbocycles. The van der Waals surface area contributed by atoms with Crippen molar-refractivity contribution in [2.24, 2.45) is 0 Å². The van der Waals surface area contributed by atoms with Crippen molar-refractivity contribution < 1.29 is 23.8 Å². The first-order chi connectivity index (χ1) is 15.0. The highest BCUT2D eigenvalue weighted by atomic mass is 79.9. The number of carbonyl (C=O) groups is 2. The smallest absolute Gasteiger partial charge is 0.410 e. The molecule has 4 heterocycles. The van der Waals surface area contributed by atoms with E-state index in [-0.39, 0.29) is 22.6 Å². The second kappa shape index (κ2) is 7.84. The molecule has 0 aliphatic carbocycles. The van der Waals surface area contributed by atoms with E-state index in [4.69, 9.17) is 14.2 Å². The van der Waals surface area contributed by atoms with Gasteiger partial charge in [-0.25, -0.2) is 4.79 Å². The minimum Gasteiger partial charge on any atom is -0.468 e. The Bertz CT molecular complexity index is 1140. The van der Waals surface area contributed by atoms with E-state index in [2.05, 4.69) is 26.0 Å². The molecule has 0 N–H and O–H groups in total. The predicted octanol–water partition coefficient (Wildman–Crippen LogP) is 2.14. The van der Waals surface area contributed by atoms with Gasteiger partial charge in [-0.05, 0) is 56.5 Å². The van der Waals surface area contributed by atoms with Crippen LogP contribution in [0.5, 0.6) is 0 Å². The van der Waals surface area contributed by atoms with Gasteiger partial charge < -0.3 is 19.1 Å². The van der Waals surface area contributed by atoms with E-state index >= 15 is 0 Å². The van der Waals surface area contributed by atoms with E-state index < -0.39 is 29.4 Å². The van der Waals surface area contributed by atoms with E-state index in [0.29, 0.717) is 37.2 Å². The summed E-state index contributed by atoms with van der Waals surface area (Å²) in [5.74, 6) is -0.255. The van der Waals surface area contributed by atoms with Crippen LogP contribution in [0.1, 0.15) is 57.9 Å². The molecule has 2 aromatic rings. The van der Waals surface area contributed by atoms with Crippen LogP contribution in [0.3, 0.4) is 0 Å². The minimum atomic E-state index is -0.894. The summed E-state index contributed by atoms with van der Waals surface area (Å²) in [5, 5.41) is 4.17. The number of likely N-dealkylation sites (tertiary alicyclic amines) is 1. The Kier molecular flexibility index (Phi) is 5.56. The number of rotatable bonds is 2. The lowest BCUT2D eigenvalue weighted by Gasteiger charge is -2.39. The zero-order valence-corrected chi connectivity index (χ0v) is 20.3. The van der Waals surface area contributed by atoms with Crippen LogP contribution in [0.4, 0.5) is 4.79 Å². The fraction of sp³-hybridized carbons (Fsp3) is 0.650. The van der Waals surface area contributed by atoms with Crippen LogP contribution in [0.2, 0.25) is 0 Å². The van der Waals surface area contributed by atoms with E-state index in [1.54, 1.807) is 9.47 Å². The van der Waals surface area contributed by atoms with Crippen molar-refractivity contribution in [3.8, 4) is 0 Å². The first kappa shape index (κ1) is 22.7. The molecule has 32 heavy (non-hydrogen) atoms. The van der Waals surface area contributed by atoms with Gasteiger partial charge in [0, 0.05) is 13.1 Å². The number of carbonyl (C=O) groups excluding carboxylic acids is 2. The van der Waals surface area contributed by atoms with Gasteiger partial charge in [-0.1, -0.05) is 0 Å². The molecule has 1 saturated heterocycles. The third kappa shape index (κ3) is 3.79. The minimum absolute atomic E-state index is 0.137. The molecule has 1 unspecified atom stereocenters. The number of fused-ring (bicyclic) bond motifs is 3. The summed E-state index contributed by atoms with van der Waals surface area (Å²) in [4.78, 5) is 44.0. The molecule has 1 spiro atoms. The van der Waals surface area contributed by atoms with Gasteiger partial charge in [0.1, 0.15) is 17.7 Å². The van der Waals surface area contributed by atoms with Crippen LogP contribution in [-0.2, 0) is 31.2 Å². The molecule has 11 nitrogen and oxygen atoms in total. The highest BCUT2D eigenvalue weighted by Crippen LogP contribution is 2.48. The molecule has 0 bridgehead atoms. The van der Waals surface area contributed by atoms with Crippen molar-refractivity contribution in [3.63, 3.8) is 0 Å². The van der Waals surface area contributed by atoms with Gasteiger partial charge in [-0.3, -0.25) is 14.2 Å². The standard InChI is InChI=1S/C20H26BrN5O6/c1-11-14-13(15(28)26-17(22-16(21)23-26)25(14)10-12(27)30-5)20(31-11)6-8-24(9-7-20)18(29)32-19(2,3)4/h11H,6-10H2,1-5H3. The Balaban J connectivity index is 1.76. The Morgan fingerprint density at radius 2 is 1.94 bits per heavy atom. The van der Waals surface area contributed by atoms with Crippen molar-refractivity contribution in [2.75, 3.05) is 20.2 Å². The van der Waals surface area contributed by atoms with Crippen LogP contribution in [0.15, 0.2) is 9.53 Å². The number of ether oxygens (including phenoxy) is 3. The molecule has 1 fully saturated rings. The third-order valence-electron chi connectivity index (χ3n) is 5.74. The number of halogens is 1. The zero-order chi connectivity index (χ0) is 23.4. The van der Waals surface area contributed by atoms with Gasteiger partial charge in [0.25, 0.3) is 5.56 Å². The van der Waals surface area contributed by atoms with E-state index in [1.165, 1.54) is 11.6 Å². The monoisotopic (exact) mass is 511 g/mol. The Labute approximate surface area is 192 Å². The average molecular weight is 512 g/mol. The Morgan fingerprint density at radius 1 is 1.28 bits per heavy atom. The second-order valence-electron chi connectivity index (χ2n) is 9.04. The lowest BCUT2D eigenvalue weighted by Crippen LogP contribution is -2.48. The van der Waals surface area contributed by atoms with Crippen LogP contribution in [0, 0.1) is 0 Å². The summed E-state index contributed by atoms with van der Waals surface area (Å²) in [6, 6.07) is 0. The van der Waals surface area contributed by atoms with E-state index in [9.17, 15) is 14.4 Å². The van der Waals surface area contributed by atoms with Gasteiger partial charge in [0.15, 0.2) is 0 Å². The maximum absolute atomic E-state index is 13.5. The molecule has 174 valence electrons. The number of hydrogen-bond acceptors (Lipinski definition) is 8. The Morgan fingerprint density at radius 3 is 2.53 bits per heavy atom. The molecule has 1 amide bonds. The zero-order valence-electron chi connectivity index (χ0n) is 18.7. The van der Waals surface area contributed by atoms with Crippen LogP contribution < -0.4 is 5.56 Å².